The lowest BCUT2D eigenvalue weighted by atomic mass is 10.2. The van der Waals surface area contributed by atoms with E-state index in [1.54, 1.807) is 39.7 Å². The zero-order valence-corrected chi connectivity index (χ0v) is 9.19. The number of nitrogens with zero attached hydrogens (tertiary/aromatic N) is 1. The summed E-state index contributed by atoms with van der Waals surface area (Å²) in [6.45, 7) is 3.64. The Hall–Kier alpha value is -1.39. The Morgan fingerprint density at radius 3 is 2.47 bits per heavy atom. The third kappa shape index (κ3) is 2.55. The molecule has 0 aliphatic carbocycles. The molecule has 0 saturated heterocycles. The van der Waals surface area contributed by atoms with Gasteiger partial charge in [0.1, 0.15) is 5.75 Å². The third-order valence-electron chi connectivity index (χ3n) is 2.03. The van der Waals surface area contributed by atoms with Crippen LogP contribution in [0.2, 0.25) is 0 Å². The highest BCUT2D eigenvalue weighted by molar-refractivity contribution is 5.47. The molecule has 1 aromatic rings. The lowest BCUT2D eigenvalue weighted by Gasteiger charge is -2.16. The van der Waals surface area contributed by atoms with E-state index in [9.17, 15) is 0 Å². The normalized spacial score (nSPS) is 10.4. The zero-order valence-electron chi connectivity index (χ0n) is 9.19. The van der Waals surface area contributed by atoms with Crippen molar-refractivity contribution in [3.8, 4) is 5.75 Å². The van der Waals surface area contributed by atoms with Gasteiger partial charge in [-0.25, -0.2) is 0 Å². The highest BCUT2D eigenvalue weighted by Crippen LogP contribution is 2.27. The van der Waals surface area contributed by atoms with Gasteiger partial charge in [-0.2, -0.15) is 0 Å². The van der Waals surface area contributed by atoms with Crippen LogP contribution < -0.4 is 4.74 Å². The van der Waals surface area contributed by atoms with Crippen LogP contribution >= 0.6 is 0 Å². The summed E-state index contributed by atoms with van der Waals surface area (Å²) >= 11 is 0. The molecule has 1 heterocycles. The van der Waals surface area contributed by atoms with Crippen LogP contribution in [-0.2, 0) is 9.47 Å². The van der Waals surface area contributed by atoms with Gasteiger partial charge in [0, 0.05) is 26.5 Å². The van der Waals surface area contributed by atoms with Crippen molar-refractivity contribution in [3.63, 3.8) is 0 Å². The minimum Gasteiger partial charge on any atom is -0.496 e. The quantitative estimate of drug-likeness (QED) is 0.696. The number of hydrogen-bond donors (Lipinski definition) is 0. The fourth-order valence-electron chi connectivity index (χ4n) is 1.28. The molecule has 4 nitrogen and oxygen atoms in total. The Kier molecular flexibility index (Phi) is 4.27. The van der Waals surface area contributed by atoms with Gasteiger partial charge < -0.3 is 14.2 Å². The lowest BCUT2D eigenvalue weighted by molar-refractivity contribution is -0.107. The molecular formula is C11H15NO3. The molecule has 0 radical (unpaired) electrons. The summed E-state index contributed by atoms with van der Waals surface area (Å²) < 4.78 is 15.5. The summed E-state index contributed by atoms with van der Waals surface area (Å²) in [5, 5.41) is 0. The van der Waals surface area contributed by atoms with E-state index in [1.165, 1.54) is 0 Å². The molecule has 1 rings (SSSR count). The molecular weight excluding hydrogens is 194 g/mol. The van der Waals surface area contributed by atoms with E-state index < -0.39 is 6.29 Å². The number of methoxy groups -OCH3 is 3. The van der Waals surface area contributed by atoms with Gasteiger partial charge in [0.05, 0.1) is 18.4 Å². The summed E-state index contributed by atoms with van der Waals surface area (Å²) in [6, 6.07) is 1.79. The number of pyridine rings is 1. The summed E-state index contributed by atoms with van der Waals surface area (Å²) in [7, 11) is 4.72. The average Bonchev–Trinajstić information content (AvgIpc) is 2.31. The first-order valence-corrected chi connectivity index (χ1v) is 4.48. The van der Waals surface area contributed by atoms with Crippen molar-refractivity contribution in [3.05, 3.63) is 30.1 Å². The highest BCUT2D eigenvalue weighted by atomic mass is 16.7. The van der Waals surface area contributed by atoms with Crippen LogP contribution in [0.3, 0.4) is 0 Å². The number of rotatable bonds is 5. The monoisotopic (exact) mass is 209 g/mol. The minimum absolute atomic E-state index is 0.466. The molecule has 0 spiro atoms. The Balaban J connectivity index is 3.11. The predicted molar refractivity (Wildman–Crippen MR) is 57.6 cm³/mol. The van der Waals surface area contributed by atoms with Crippen molar-refractivity contribution in [2.45, 2.75) is 6.29 Å². The zero-order chi connectivity index (χ0) is 11.3. The minimum atomic E-state index is -0.466. The fourth-order valence-corrected chi connectivity index (χ4v) is 1.28. The molecule has 1 aromatic heterocycles. The molecule has 0 saturated carbocycles. The second kappa shape index (κ2) is 5.48. The molecule has 82 valence electrons. The van der Waals surface area contributed by atoms with Gasteiger partial charge in [-0.05, 0) is 6.08 Å². The summed E-state index contributed by atoms with van der Waals surface area (Å²) in [5.41, 5.74) is 1.51. The first-order chi connectivity index (χ1) is 7.26. The van der Waals surface area contributed by atoms with Crippen molar-refractivity contribution < 1.29 is 14.2 Å². The highest BCUT2D eigenvalue weighted by Gasteiger charge is 2.15. The van der Waals surface area contributed by atoms with E-state index in [0.29, 0.717) is 5.75 Å². The van der Waals surface area contributed by atoms with Crippen LogP contribution in [0.5, 0.6) is 5.75 Å². The molecule has 0 fully saturated rings. The van der Waals surface area contributed by atoms with E-state index >= 15 is 0 Å². The van der Waals surface area contributed by atoms with Crippen molar-refractivity contribution in [1.29, 1.82) is 0 Å². The summed E-state index contributed by atoms with van der Waals surface area (Å²) in [6.07, 6.45) is 2.85. The Bertz CT molecular complexity index is 335. The van der Waals surface area contributed by atoms with Crippen LogP contribution in [0, 0.1) is 0 Å². The summed E-state index contributed by atoms with van der Waals surface area (Å²) in [4.78, 5) is 4.16. The molecule has 0 N–H and O–H groups in total. The largest absolute Gasteiger partial charge is 0.496 e. The standard InChI is InChI=1S/C11H15NO3/c1-5-8-6-10(13-2)9(7-12-8)11(14-3)15-4/h5-7,11H,1H2,2-4H3. The van der Waals surface area contributed by atoms with E-state index in [1.807, 2.05) is 0 Å². The van der Waals surface area contributed by atoms with Crippen LogP contribution in [0.25, 0.3) is 6.08 Å². The number of aromatic nitrogens is 1. The van der Waals surface area contributed by atoms with E-state index in [2.05, 4.69) is 11.6 Å². The molecule has 0 atom stereocenters. The van der Waals surface area contributed by atoms with Gasteiger partial charge in [0.25, 0.3) is 0 Å². The third-order valence-corrected chi connectivity index (χ3v) is 2.03. The summed E-state index contributed by atoms with van der Waals surface area (Å²) in [5.74, 6) is 0.675. The van der Waals surface area contributed by atoms with Crippen LogP contribution in [0.1, 0.15) is 17.5 Å². The Morgan fingerprint density at radius 1 is 1.33 bits per heavy atom. The average molecular weight is 209 g/mol. The van der Waals surface area contributed by atoms with Gasteiger partial charge >= 0.3 is 0 Å². The van der Waals surface area contributed by atoms with E-state index in [-0.39, 0.29) is 0 Å². The SMILES string of the molecule is C=Cc1cc(OC)c(C(OC)OC)cn1. The second-order valence-corrected chi connectivity index (χ2v) is 2.86. The van der Waals surface area contributed by atoms with Crippen LogP contribution in [-0.4, -0.2) is 26.3 Å². The van der Waals surface area contributed by atoms with Crippen LogP contribution in [0.4, 0.5) is 0 Å². The first kappa shape index (κ1) is 11.7. The molecule has 0 amide bonds. The van der Waals surface area contributed by atoms with E-state index in [0.717, 1.165) is 11.3 Å². The van der Waals surface area contributed by atoms with Gasteiger partial charge in [0.2, 0.25) is 0 Å². The molecule has 0 aliphatic rings. The molecule has 0 bridgehead atoms. The lowest BCUT2D eigenvalue weighted by Crippen LogP contribution is -2.06. The smallest absolute Gasteiger partial charge is 0.188 e. The first-order valence-electron chi connectivity index (χ1n) is 4.48. The van der Waals surface area contributed by atoms with Gasteiger partial charge in [-0.1, -0.05) is 6.58 Å². The molecule has 4 heteroatoms. The topological polar surface area (TPSA) is 40.6 Å². The number of ether oxygens (including phenoxy) is 3. The van der Waals surface area contributed by atoms with Crippen LogP contribution in [0.15, 0.2) is 18.8 Å². The van der Waals surface area contributed by atoms with Gasteiger partial charge in [0.15, 0.2) is 6.29 Å². The fraction of sp³-hybridized carbons (Fsp3) is 0.364. The Labute approximate surface area is 89.5 Å². The maximum absolute atomic E-state index is 5.22. The predicted octanol–water partition coefficient (Wildman–Crippen LogP) is 2.02. The maximum atomic E-state index is 5.22. The van der Waals surface area contributed by atoms with Crippen molar-refractivity contribution in [1.82, 2.24) is 4.98 Å². The molecule has 0 aliphatic heterocycles. The maximum Gasteiger partial charge on any atom is 0.188 e. The Morgan fingerprint density at radius 2 is 2.00 bits per heavy atom. The molecule has 0 aromatic carbocycles. The van der Waals surface area contributed by atoms with Gasteiger partial charge in [-0.15, -0.1) is 0 Å². The van der Waals surface area contributed by atoms with Crippen molar-refractivity contribution in [2.24, 2.45) is 0 Å². The molecule has 15 heavy (non-hydrogen) atoms. The second-order valence-electron chi connectivity index (χ2n) is 2.86. The van der Waals surface area contributed by atoms with E-state index in [4.69, 9.17) is 14.2 Å². The molecule has 0 unspecified atom stereocenters. The van der Waals surface area contributed by atoms with Crippen molar-refractivity contribution in [2.75, 3.05) is 21.3 Å². The number of hydrogen-bond acceptors (Lipinski definition) is 4. The van der Waals surface area contributed by atoms with Crippen molar-refractivity contribution >= 4 is 6.08 Å². The van der Waals surface area contributed by atoms with Gasteiger partial charge in [-0.3, -0.25) is 4.98 Å².